The van der Waals surface area contributed by atoms with Crippen LogP contribution in [0, 0.1) is 6.92 Å². The minimum atomic E-state index is 0.0453. The van der Waals surface area contributed by atoms with E-state index in [1.165, 1.54) is 22.2 Å². The summed E-state index contributed by atoms with van der Waals surface area (Å²) in [6.45, 7) is 3.77. The van der Waals surface area contributed by atoms with Crippen LogP contribution in [-0.4, -0.2) is 35.9 Å². The van der Waals surface area contributed by atoms with Gasteiger partial charge in [0.2, 0.25) is 0 Å². The first-order valence-electron chi connectivity index (χ1n) is 10.4. The first-order valence-corrected chi connectivity index (χ1v) is 10.4. The number of para-hydroxylation sites is 3. The van der Waals surface area contributed by atoms with Gasteiger partial charge in [-0.2, -0.15) is 0 Å². The Bertz CT molecular complexity index is 1370. The maximum atomic E-state index is 5.07. The predicted molar refractivity (Wildman–Crippen MR) is 118 cm³/mol. The normalized spacial score (nSPS) is 17.1. The number of fused-ring (bicyclic) bond motifs is 4. The molecular weight excluding hydrogens is 372 g/mol. The highest BCUT2D eigenvalue weighted by Crippen LogP contribution is 2.39. The monoisotopic (exact) mass is 396 g/mol. The Labute approximate surface area is 174 Å². The van der Waals surface area contributed by atoms with Gasteiger partial charge >= 0.3 is 0 Å². The first kappa shape index (κ1) is 17.5. The highest BCUT2D eigenvalue weighted by atomic mass is 15.2. The van der Waals surface area contributed by atoms with Crippen molar-refractivity contribution in [3.05, 3.63) is 83.3 Å². The Morgan fingerprint density at radius 2 is 1.90 bits per heavy atom. The van der Waals surface area contributed by atoms with E-state index in [1.54, 1.807) is 0 Å². The van der Waals surface area contributed by atoms with Crippen LogP contribution < -0.4 is 0 Å². The third kappa shape index (κ3) is 2.60. The van der Waals surface area contributed by atoms with Crippen LogP contribution in [0.5, 0.6) is 0 Å². The number of aromatic nitrogens is 5. The Morgan fingerprint density at radius 1 is 1.07 bits per heavy atom. The van der Waals surface area contributed by atoms with Crippen molar-refractivity contribution in [3.8, 4) is 0 Å². The van der Waals surface area contributed by atoms with E-state index in [-0.39, 0.29) is 6.04 Å². The van der Waals surface area contributed by atoms with Crippen LogP contribution in [0.2, 0.25) is 0 Å². The summed E-state index contributed by atoms with van der Waals surface area (Å²) in [5.74, 6) is 2.06. The molecule has 0 spiro atoms. The fourth-order valence-corrected chi connectivity index (χ4v) is 4.90. The molecule has 0 saturated carbocycles. The maximum absolute atomic E-state index is 5.07. The average molecular weight is 396 g/mol. The minimum absolute atomic E-state index is 0.0453. The quantitative estimate of drug-likeness (QED) is 0.480. The molecule has 150 valence electrons. The lowest BCUT2D eigenvalue weighted by molar-refractivity contribution is 0.188. The van der Waals surface area contributed by atoms with Crippen LogP contribution in [0.3, 0.4) is 0 Å². The molecule has 2 aromatic carbocycles. The van der Waals surface area contributed by atoms with Crippen molar-refractivity contribution < 1.29 is 0 Å². The van der Waals surface area contributed by atoms with E-state index in [0.717, 1.165) is 47.9 Å². The van der Waals surface area contributed by atoms with Crippen molar-refractivity contribution in [2.75, 3.05) is 6.54 Å². The van der Waals surface area contributed by atoms with Gasteiger partial charge in [0.15, 0.2) is 0 Å². The number of H-pyrrole nitrogens is 2. The summed E-state index contributed by atoms with van der Waals surface area (Å²) < 4.78 is 2.24. The van der Waals surface area contributed by atoms with Gasteiger partial charge in [-0.1, -0.05) is 30.3 Å². The molecule has 0 radical (unpaired) electrons. The maximum Gasteiger partial charge on any atom is 0.133 e. The summed E-state index contributed by atoms with van der Waals surface area (Å²) in [4.78, 5) is 19.3. The molecule has 1 aliphatic heterocycles. The SMILES string of the molecule is Cc1cnc(CN2CCc3c([nH]c4ccccc34)C2c2nc3ccccc3n2C)[nH]1. The van der Waals surface area contributed by atoms with Crippen molar-refractivity contribution in [2.24, 2.45) is 7.05 Å². The van der Waals surface area contributed by atoms with E-state index in [4.69, 9.17) is 4.98 Å². The molecule has 3 aromatic heterocycles. The van der Waals surface area contributed by atoms with Crippen molar-refractivity contribution in [1.29, 1.82) is 0 Å². The second-order valence-electron chi connectivity index (χ2n) is 8.22. The summed E-state index contributed by atoms with van der Waals surface area (Å²) in [6.07, 6.45) is 2.91. The lowest BCUT2D eigenvalue weighted by Gasteiger charge is -2.34. The highest BCUT2D eigenvalue weighted by Gasteiger charge is 2.35. The minimum Gasteiger partial charge on any atom is -0.356 e. The van der Waals surface area contributed by atoms with E-state index in [0.29, 0.717) is 0 Å². The Morgan fingerprint density at radius 3 is 2.73 bits per heavy atom. The van der Waals surface area contributed by atoms with Crippen molar-refractivity contribution >= 4 is 21.9 Å². The van der Waals surface area contributed by atoms with E-state index in [1.807, 2.05) is 13.1 Å². The third-order valence-corrected chi connectivity index (χ3v) is 6.31. The zero-order valence-corrected chi connectivity index (χ0v) is 17.2. The predicted octanol–water partition coefficient (Wildman–Crippen LogP) is 4.23. The molecule has 6 nitrogen and oxygen atoms in total. The van der Waals surface area contributed by atoms with Gasteiger partial charge in [0.05, 0.1) is 17.6 Å². The van der Waals surface area contributed by atoms with Gasteiger partial charge in [-0.15, -0.1) is 0 Å². The Kier molecular flexibility index (Phi) is 3.83. The lowest BCUT2D eigenvalue weighted by atomic mass is 9.96. The average Bonchev–Trinajstić information content (AvgIpc) is 3.44. The Hall–Kier alpha value is -3.38. The summed E-state index contributed by atoms with van der Waals surface area (Å²) in [5.41, 5.74) is 7.14. The third-order valence-electron chi connectivity index (χ3n) is 6.31. The van der Waals surface area contributed by atoms with Gasteiger partial charge in [0, 0.05) is 42.1 Å². The zero-order valence-electron chi connectivity index (χ0n) is 17.2. The van der Waals surface area contributed by atoms with Gasteiger partial charge in [0.25, 0.3) is 0 Å². The van der Waals surface area contributed by atoms with Gasteiger partial charge in [-0.05, 0) is 37.1 Å². The second kappa shape index (κ2) is 6.57. The largest absolute Gasteiger partial charge is 0.356 e. The number of benzene rings is 2. The van der Waals surface area contributed by atoms with Gasteiger partial charge in [-0.25, -0.2) is 9.97 Å². The summed E-state index contributed by atoms with van der Waals surface area (Å²) in [5, 5.41) is 1.32. The smallest absolute Gasteiger partial charge is 0.133 e. The number of nitrogens with zero attached hydrogens (tertiary/aromatic N) is 4. The number of rotatable bonds is 3. The number of aryl methyl sites for hydroxylation is 2. The summed E-state index contributed by atoms with van der Waals surface area (Å²) >= 11 is 0. The number of aromatic amines is 2. The summed E-state index contributed by atoms with van der Waals surface area (Å²) in [6, 6.07) is 17.0. The molecule has 0 bridgehead atoms. The second-order valence-corrected chi connectivity index (χ2v) is 8.22. The van der Waals surface area contributed by atoms with Crippen LogP contribution >= 0.6 is 0 Å². The standard InChI is InChI=1S/C24H24N6/c1-15-13-25-21(26-15)14-30-12-11-17-16-7-3-4-8-18(16)27-22(17)23(30)24-28-19-9-5-6-10-20(19)29(24)2/h3-10,13,23,27H,11-12,14H2,1-2H3,(H,25,26). The van der Waals surface area contributed by atoms with Gasteiger partial charge in [-0.3, -0.25) is 4.90 Å². The topological polar surface area (TPSA) is 65.5 Å². The van der Waals surface area contributed by atoms with Crippen LogP contribution in [0.4, 0.5) is 0 Å². The molecule has 0 saturated heterocycles. The molecule has 6 heteroatoms. The molecule has 1 unspecified atom stereocenters. The van der Waals surface area contributed by atoms with Crippen molar-refractivity contribution in [3.63, 3.8) is 0 Å². The number of imidazole rings is 2. The van der Waals surface area contributed by atoms with Crippen LogP contribution in [-0.2, 0) is 20.0 Å². The molecule has 6 rings (SSSR count). The summed E-state index contributed by atoms with van der Waals surface area (Å²) in [7, 11) is 2.12. The molecule has 1 aliphatic rings. The van der Waals surface area contributed by atoms with Gasteiger partial charge < -0.3 is 14.5 Å². The number of hydrogen-bond acceptors (Lipinski definition) is 3. The van der Waals surface area contributed by atoms with Crippen LogP contribution in [0.1, 0.15) is 34.6 Å². The molecule has 0 amide bonds. The lowest BCUT2D eigenvalue weighted by Crippen LogP contribution is -2.37. The molecule has 2 N–H and O–H groups in total. The Balaban J connectivity index is 1.54. The number of nitrogens with one attached hydrogen (secondary N) is 2. The molecule has 30 heavy (non-hydrogen) atoms. The number of hydrogen-bond donors (Lipinski definition) is 2. The van der Waals surface area contributed by atoms with E-state index in [2.05, 4.69) is 80.0 Å². The highest BCUT2D eigenvalue weighted by molar-refractivity contribution is 5.85. The van der Waals surface area contributed by atoms with Crippen LogP contribution in [0.25, 0.3) is 21.9 Å². The molecular formula is C24H24N6. The molecule has 5 aromatic rings. The van der Waals surface area contributed by atoms with E-state index in [9.17, 15) is 0 Å². The molecule has 0 aliphatic carbocycles. The van der Waals surface area contributed by atoms with Crippen molar-refractivity contribution in [1.82, 2.24) is 29.4 Å². The first-order chi connectivity index (χ1) is 14.7. The van der Waals surface area contributed by atoms with Gasteiger partial charge in [0.1, 0.15) is 17.7 Å². The van der Waals surface area contributed by atoms with Crippen LogP contribution in [0.15, 0.2) is 54.7 Å². The fraction of sp³-hybridized carbons (Fsp3) is 0.250. The van der Waals surface area contributed by atoms with Crippen molar-refractivity contribution in [2.45, 2.75) is 25.9 Å². The fourth-order valence-electron chi connectivity index (χ4n) is 4.90. The molecule has 1 atom stereocenters. The molecule has 4 heterocycles. The van der Waals surface area contributed by atoms with E-state index < -0.39 is 0 Å². The molecule has 0 fully saturated rings. The van der Waals surface area contributed by atoms with E-state index >= 15 is 0 Å². The zero-order chi connectivity index (χ0) is 20.2.